The number of rotatable bonds is 4. The Morgan fingerprint density at radius 1 is 1.21 bits per heavy atom. The third-order valence-electron chi connectivity index (χ3n) is 4.27. The van der Waals surface area contributed by atoms with Crippen LogP contribution in [0.5, 0.6) is 0 Å². The molecule has 0 spiro atoms. The zero-order valence-electron chi connectivity index (χ0n) is 14.5. The topological polar surface area (TPSA) is 91.3 Å². The predicted molar refractivity (Wildman–Crippen MR) is 92.9 cm³/mol. The number of sulfone groups is 1. The molecule has 2 fully saturated rings. The molecule has 138 valence electrons. The molecule has 1 unspecified atom stereocenters. The summed E-state index contributed by atoms with van der Waals surface area (Å²) in [5.74, 6) is 1.43. The highest BCUT2D eigenvalue weighted by atomic mass is 32.2. The summed E-state index contributed by atoms with van der Waals surface area (Å²) in [6, 6.07) is 0. The Hall–Kier alpha value is -1.51. The van der Waals surface area contributed by atoms with Crippen LogP contribution in [0, 0.1) is 5.92 Å². The Labute approximate surface area is 144 Å². The third kappa shape index (κ3) is 5.25. The molecule has 2 rings (SSSR count). The Balaban J connectivity index is 1.89. The lowest BCUT2D eigenvalue weighted by molar-refractivity contribution is 0.0914. The second-order valence-electron chi connectivity index (χ2n) is 6.14. The van der Waals surface area contributed by atoms with E-state index in [9.17, 15) is 13.2 Å². The standard InChI is InChI=1S/C15H28N4O4S/c1-3-16-14(17-11-13-5-10-24(21,22)12-13)18-6-8-19(9-7-18)15(20)23-4-2/h13H,3-12H2,1-2H3,(H,16,17). The Morgan fingerprint density at radius 3 is 2.42 bits per heavy atom. The Morgan fingerprint density at radius 2 is 1.88 bits per heavy atom. The summed E-state index contributed by atoms with van der Waals surface area (Å²) in [5.41, 5.74) is 0. The molecule has 2 aliphatic rings. The number of guanidine groups is 1. The normalized spacial score (nSPS) is 24.1. The van der Waals surface area contributed by atoms with Gasteiger partial charge in [-0.1, -0.05) is 0 Å². The molecule has 2 heterocycles. The highest BCUT2D eigenvalue weighted by molar-refractivity contribution is 7.91. The maximum absolute atomic E-state index is 11.7. The molecular weight excluding hydrogens is 332 g/mol. The van der Waals surface area contributed by atoms with Crippen molar-refractivity contribution in [3.8, 4) is 0 Å². The van der Waals surface area contributed by atoms with Crippen LogP contribution in [0.2, 0.25) is 0 Å². The first-order chi connectivity index (χ1) is 11.4. The van der Waals surface area contributed by atoms with E-state index in [1.165, 1.54) is 0 Å². The maximum atomic E-state index is 11.7. The number of carbonyl (C=O) groups excluding carboxylic acids is 1. The minimum absolute atomic E-state index is 0.115. The van der Waals surface area contributed by atoms with Gasteiger partial charge in [0, 0.05) is 39.3 Å². The quantitative estimate of drug-likeness (QED) is 0.567. The molecule has 9 heteroatoms. The monoisotopic (exact) mass is 360 g/mol. The fraction of sp³-hybridized carbons (Fsp3) is 0.867. The van der Waals surface area contributed by atoms with E-state index in [4.69, 9.17) is 4.74 Å². The van der Waals surface area contributed by atoms with Crippen molar-refractivity contribution in [1.29, 1.82) is 0 Å². The lowest BCUT2D eigenvalue weighted by Gasteiger charge is -2.36. The van der Waals surface area contributed by atoms with Crippen LogP contribution in [-0.2, 0) is 14.6 Å². The summed E-state index contributed by atoms with van der Waals surface area (Å²) < 4.78 is 28.1. The number of piperazine rings is 1. The summed E-state index contributed by atoms with van der Waals surface area (Å²) in [6.07, 6.45) is 0.428. The number of carbonyl (C=O) groups is 1. The lowest BCUT2D eigenvalue weighted by Crippen LogP contribution is -2.54. The van der Waals surface area contributed by atoms with Crippen LogP contribution < -0.4 is 5.32 Å². The van der Waals surface area contributed by atoms with Crippen molar-refractivity contribution < 1.29 is 17.9 Å². The van der Waals surface area contributed by atoms with E-state index in [0.29, 0.717) is 45.8 Å². The number of nitrogens with zero attached hydrogens (tertiary/aromatic N) is 3. The summed E-state index contributed by atoms with van der Waals surface area (Å²) in [6.45, 7) is 8.04. The van der Waals surface area contributed by atoms with Crippen molar-refractivity contribution >= 4 is 21.9 Å². The van der Waals surface area contributed by atoms with Gasteiger partial charge in [-0.05, 0) is 26.2 Å². The van der Waals surface area contributed by atoms with Gasteiger partial charge in [-0.3, -0.25) is 4.99 Å². The molecule has 1 atom stereocenters. The Bertz CT molecular complexity index is 556. The molecule has 0 radical (unpaired) electrons. The molecule has 0 saturated carbocycles. The molecule has 8 nitrogen and oxygen atoms in total. The predicted octanol–water partition coefficient (Wildman–Crippen LogP) is 0.161. The molecule has 0 aliphatic carbocycles. The number of hydrogen-bond donors (Lipinski definition) is 1. The maximum Gasteiger partial charge on any atom is 0.409 e. The third-order valence-corrected chi connectivity index (χ3v) is 6.10. The smallest absolute Gasteiger partial charge is 0.409 e. The van der Waals surface area contributed by atoms with E-state index in [-0.39, 0.29) is 23.5 Å². The van der Waals surface area contributed by atoms with Crippen LogP contribution >= 0.6 is 0 Å². The van der Waals surface area contributed by atoms with Gasteiger partial charge in [-0.15, -0.1) is 0 Å². The van der Waals surface area contributed by atoms with E-state index in [0.717, 1.165) is 12.5 Å². The second kappa shape index (κ2) is 8.55. The number of ether oxygens (including phenoxy) is 1. The molecule has 0 aromatic rings. The van der Waals surface area contributed by atoms with Crippen molar-refractivity contribution in [2.45, 2.75) is 20.3 Å². The molecule has 0 bridgehead atoms. The highest BCUT2D eigenvalue weighted by Gasteiger charge is 2.28. The van der Waals surface area contributed by atoms with Crippen LogP contribution in [0.3, 0.4) is 0 Å². The zero-order valence-corrected chi connectivity index (χ0v) is 15.3. The molecule has 0 aromatic heterocycles. The minimum Gasteiger partial charge on any atom is -0.450 e. The van der Waals surface area contributed by atoms with E-state index in [1.807, 2.05) is 6.92 Å². The summed E-state index contributed by atoms with van der Waals surface area (Å²) in [7, 11) is -2.86. The van der Waals surface area contributed by atoms with E-state index in [2.05, 4.69) is 15.2 Å². The second-order valence-corrected chi connectivity index (χ2v) is 8.37. The van der Waals surface area contributed by atoms with E-state index in [1.54, 1.807) is 11.8 Å². The molecule has 1 N–H and O–H groups in total. The van der Waals surface area contributed by atoms with Crippen LogP contribution in [-0.4, -0.2) is 87.7 Å². The van der Waals surface area contributed by atoms with Crippen molar-refractivity contribution in [3.63, 3.8) is 0 Å². The summed E-state index contributed by atoms with van der Waals surface area (Å²) >= 11 is 0. The van der Waals surface area contributed by atoms with Crippen LogP contribution in [0.25, 0.3) is 0 Å². The van der Waals surface area contributed by atoms with Crippen molar-refractivity contribution in [1.82, 2.24) is 15.1 Å². The fourth-order valence-electron chi connectivity index (χ4n) is 2.97. The van der Waals surface area contributed by atoms with Gasteiger partial charge in [-0.25, -0.2) is 13.2 Å². The zero-order chi connectivity index (χ0) is 17.6. The van der Waals surface area contributed by atoms with Gasteiger partial charge < -0.3 is 19.9 Å². The van der Waals surface area contributed by atoms with Crippen LogP contribution in [0.4, 0.5) is 4.79 Å². The molecule has 0 aromatic carbocycles. The molecule has 2 saturated heterocycles. The molecule has 2 aliphatic heterocycles. The van der Waals surface area contributed by atoms with Crippen molar-refractivity contribution in [3.05, 3.63) is 0 Å². The van der Waals surface area contributed by atoms with Gasteiger partial charge in [0.15, 0.2) is 15.8 Å². The van der Waals surface area contributed by atoms with Gasteiger partial charge in [0.25, 0.3) is 0 Å². The summed E-state index contributed by atoms with van der Waals surface area (Å²) in [4.78, 5) is 20.2. The van der Waals surface area contributed by atoms with Gasteiger partial charge in [0.05, 0.1) is 18.1 Å². The number of nitrogens with one attached hydrogen (secondary N) is 1. The number of amides is 1. The van der Waals surface area contributed by atoms with E-state index >= 15 is 0 Å². The number of aliphatic imine (C=N–C) groups is 1. The lowest BCUT2D eigenvalue weighted by atomic mass is 10.1. The highest BCUT2D eigenvalue weighted by Crippen LogP contribution is 2.18. The van der Waals surface area contributed by atoms with Crippen LogP contribution in [0.15, 0.2) is 4.99 Å². The first-order valence-electron chi connectivity index (χ1n) is 8.60. The molecule has 1 amide bonds. The van der Waals surface area contributed by atoms with Gasteiger partial charge in [0.2, 0.25) is 0 Å². The first-order valence-corrected chi connectivity index (χ1v) is 10.4. The van der Waals surface area contributed by atoms with Crippen LogP contribution in [0.1, 0.15) is 20.3 Å². The molecule has 24 heavy (non-hydrogen) atoms. The average Bonchev–Trinajstić information content (AvgIpc) is 2.91. The summed E-state index contributed by atoms with van der Waals surface area (Å²) in [5, 5.41) is 3.26. The largest absolute Gasteiger partial charge is 0.450 e. The van der Waals surface area contributed by atoms with Gasteiger partial charge in [-0.2, -0.15) is 0 Å². The Kier molecular flexibility index (Phi) is 6.70. The average molecular weight is 360 g/mol. The number of hydrogen-bond acceptors (Lipinski definition) is 5. The van der Waals surface area contributed by atoms with Gasteiger partial charge in [0.1, 0.15) is 0 Å². The van der Waals surface area contributed by atoms with Crippen molar-refractivity contribution in [2.24, 2.45) is 10.9 Å². The van der Waals surface area contributed by atoms with Gasteiger partial charge >= 0.3 is 6.09 Å². The minimum atomic E-state index is -2.86. The molecular formula is C15H28N4O4S. The van der Waals surface area contributed by atoms with Crippen molar-refractivity contribution in [2.75, 3.05) is 57.4 Å². The fourth-order valence-corrected chi connectivity index (χ4v) is 4.82. The first kappa shape index (κ1) is 18.8. The SMILES string of the molecule is CCNC(=NCC1CCS(=O)(=O)C1)N1CCN(C(=O)OCC)CC1. The van der Waals surface area contributed by atoms with E-state index < -0.39 is 9.84 Å².